The van der Waals surface area contributed by atoms with Gasteiger partial charge in [0.2, 0.25) is 0 Å². The van der Waals surface area contributed by atoms with Crippen molar-refractivity contribution in [3.05, 3.63) is 57.5 Å². The number of carbonyl (C=O) groups is 1. The van der Waals surface area contributed by atoms with Crippen LogP contribution in [0.4, 0.5) is 0 Å². The first-order valence-corrected chi connectivity index (χ1v) is 8.55. The van der Waals surface area contributed by atoms with Crippen molar-refractivity contribution in [2.75, 3.05) is 6.61 Å². The predicted octanol–water partition coefficient (Wildman–Crippen LogP) is 5.60. The van der Waals surface area contributed by atoms with Crippen molar-refractivity contribution in [1.82, 2.24) is 0 Å². The molecule has 0 aliphatic rings. The zero-order valence-corrected chi connectivity index (χ0v) is 15.4. The minimum Gasteiger partial charge on any atom is -0.481 e. The molecular formula is C18H18BrClO3. The molecule has 3 nitrogen and oxygen atoms in total. The van der Waals surface area contributed by atoms with Crippen LogP contribution < -0.4 is 9.47 Å². The van der Waals surface area contributed by atoms with Gasteiger partial charge in [0.1, 0.15) is 11.5 Å². The van der Waals surface area contributed by atoms with E-state index in [9.17, 15) is 4.79 Å². The third-order valence-corrected chi connectivity index (χ3v) is 4.39. The molecule has 23 heavy (non-hydrogen) atoms. The van der Waals surface area contributed by atoms with Crippen LogP contribution in [0.5, 0.6) is 11.5 Å². The smallest absolute Gasteiger partial charge is 0.349 e. The monoisotopic (exact) mass is 396 g/mol. The Morgan fingerprint density at radius 3 is 2.52 bits per heavy atom. The molecule has 0 saturated heterocycles. The summed E-state index contributed by atoms with van der Waals surface area (Å²) < 4.78 is 11.4. The summed E-state index contributed by atoms with van der Waals surface area (Å²) >= 11 is 9.19. The maximum Gasteiger partial charge on any atom is 0.349 e. The van der Waals surface area contributed by atoms with Crippen LogP contribution in [-0.4, -0.2) is 12.6 Å². The summed E-state index contributed by atoms with van der Waals surface area (Å²) in [5, 5.41) is 0.591. The van der Waals surface area contributed by atoms with E-state index in [0.717, 1.165) is 6.42 Å². The van der Waals surface area contributed by atoms with Crippen LogP contribution in [-0.2, 0) is 4.79 Å². The summed E-state index contributed by atoms with van der Waals surface area (Å²) in [7, 11) is 0. The van der Waals surface area contributed by atoms with Gasteiger partial charge < -0.3 is 9.47 Å². The second-order valence-corrected chi connectivity index (χ2v) is 6.51. The van der Waals surface area contributed by atoms with Crippen LogP contribution in [0.15, 0.2) is 46.9 Å². The van der Waals surface area contributed by atoms with Gasteiger partial charge in [0.25, 0.3) is 0 Å². The molecule has 0 saturated carbocycles. The number of hydrogen-bond donors (Lipinski definition) is 0. The van der Waals surface area contributed by atoms with Crippen molar-refractivity contribution in [2.24, 2.45) is 0 Å². The number of benzene rings is 2. The van der Waals surface area contributed by atoms with Gasteiger partial charge in [-0.25, -0.2) is 4.79 Å². The van der Waals surface area contributed by atoms with Crippen molar-refractivity contribution < 1.29 is 14.3 Å². The SMILES string of the molecule is CCC(C)c1ccc(OC(=O)COc2ccc(Cl)cc2Br)cc1. The minimum atomic E-state index is -0.455. The summed E-state index contributed by atoms with van der Waals surface area (Å²) in [4.78, 5) is 11.9. The number of carbonyl (C=O) groups excluding carboxylic acids is 1. The molecule has 0 aliphatic carbocycles. The fourth-order valence-corrected chi connectivity index (χ4v) is 2.79. The standard InChI is InChI=1S/C18H18BrClO3/c1-3-12(2)13-4-7-15(8-5-13)23-18(21)11-22-17-9-6-14(20)10-16(17)19/h4-10,12H,3,11H2,1-2H3. The Balaban J connectivity index is 1.89. The van der Waals surface area contributed by atoms with E-state index in [1.807, 2.05) is 12.1 Å². The Bertz CT molecular complexity index is 670. The molecule has 2 rings (SSSR count). The quantitative estimate of drug-likeness (QED) is 0.470. The number of halogens is 2. The fraction of sp³-hybridized carbons (Fsp3) is 0.278. The first-order valence-electron chi connectivity index (χ1n) is 7.38. The maximum atomic E-state index is 11.9. The third kappa shape index (κ3) is 5.26. The molecule has 0 bridgehead atoms. The van der Waals surface area contributed by atoms with E-state index in [-0.39, 0.29) is 6.61 Å². The van der Waals surface area contributed by atoms with Crippen LogP contribution in [0.25, 0.3) is 0 Å². The van der Waals surface area contributed by atoms with Gasteiger partial charge in [-0.3, -0.25) is 0 Å². The molecule has 0 fully saturated rings. The highest BCUT2D eigenvalue weighted by molar-refractivity contribution is 9.10. The van der Waals surface area contributed by atoms with E-state index in [0.29, 0.717) is 26.9 Å². The highest BCUT2D eigenvalue weighted by Crippen LogP contribution is 2.28. The lowest BCUT2D eigenvalue weighted by atomic mass is 9.99. The second kappa shape index (κ2) is 8.37. The lowest BCUT2D eigenvalue weighted by Gasteiger charge is -2.11. The predicted molar refractivity (Wildman–Crippen MR) is 95.4 cm³/mol. The Labute approximate surface area is 149 Å². The van der Waals surface area contributed by atoms with E-state index in [4.69, 9.17) is 21.1 Å². The van der Waals surface area contributed by atoms with Crippen molar-refractivity contribution >= 4 is 33.5 Å². The number of ether oxygens (including phenoxy) is 2. The molecule has 1 unspecified atom stereocenters. The molecule has 0 amide bonds. The number of esters is 1. The molecule has 0 aliphatic heterocycles. The van der Waals surface area contributed by atoms with Crippen molar-refractivity contribution in [3.8, 4) is 11.5 Å². The van der Waals surface area contributed by atoms with E-state index in [1.54, 1.807) is 30.3 Å². The van der Waals surface area contributed by atoms with Gasteiger partial charge in [0.05, 0.1) is 4.47 Å². The average molecular weight is 398 g/mol. The summed E-state index contributed by atoms with van der Waals surface area (Å²) in [6, 6.07) is 12.7. The van der Waals surface area contributed by atoms with Crippen LogP contribution in [0.1, 0.15) is 31.7 Å². The van der Waals surface area contributed by atoms with Crippen LogP contribution in [0, 0.1) is 0 Å². The largest absolute Gasteiger partial charge is 0.481 e. The van der Waals surface area contributed by atoms with Gasteiger partial charge in [-0.15, -0.1) is 0 Å². The normalized spacial score (nSPS) is 11.8. The minimum absolute atomic E-state index is 0.173. The molecule has 0 N–H and O–H groups in total. The van der Waals surface area contributed by atoms with Gasteiger partial charge >= 0.3 is 5.97 Å². The molecule has 2 aromatic carbocycles. The molecule has 5 heteroatoms. The second-order valence-electron chi connectivity index (χ2n) is 5.22. The Kier molecular flexibility index (Phi) is 6.48. The molecule has 1 atom stereocenters. The lowest BCUT2D eigenvalue weighted by Crippen LogP contribution is -2.17. The molecule has 2 aromatic rings. The average Bonchev–Trinajstić information content (AvgIpc) is 2.54. The van der Waals surface area contributed by atoms with E-state index in [2.05, 4.69) is 29.8 Å². The first-order chi connectivity index (χ1) is 11.0. The van der Waals surface area contributed by atoms with Gasteiger partial charge in [-0.2, -0.15) is 0 Å². The van der Waals surface area contributed by atoms with Gasteiger partial charge in [-0.05, 0) is 64.2 Å². The molecule has 0 heterocycles. The highest BCUT2D eigenvalue weighted by atomic mass is 79.9. The van der Waals surface area contributed by atoms with E-state index < -0.39 is 5.97 Å². The van der Waals surface area contributed by atoms with Crippen molar-refractivity contribution in [3.63, 3.8) is 0 Å². The van der Waals surface area contributed by atoms with Gasteiger partial charge in [0, 0.05) is 5.02 Å². The van der Waals surface area contributed by atoms with Crippen LogP contribution >= 0.6 is 27.5 Å². The molecular weight excluding hydrogens is 380 g/mol. The third-order valence-electron chi connectivity index (χ3n) is 3.53. The van der Waals surface area contributed by atoms with Crippen LogP contribution in [0.2, 0.25) is 5.02 Å². The summed E-state index contributed by atoms with van der Waals surface area (Å²) in [6.07, 6.45) is 1.07. The summed E-state index contributed by atoms with van der Waals surface area (Å²) in [5.41, 5.74) is 1.23. The van der Waals surface area contributed by atoms with E-state index >= 15 is 0 Å². The molecule has 0 radical (unpaired) electrons. The van der Waals surface area contributed by atoms with Crippen molar-refractivity contribution in [2.45, 2.75) is 26.2 Å². The Morgan fingerprint density at radius 2 is 1.91 bits per heavy atom. The van der Waals surface area contributed by atoms with E-state index in [1.165, 1.54) is 5.56 Å². The number of hydrogen-bond acceptors (Lipinski definition) is 3. The molecule has 0 spiro atoms. The molecule has 0 aromatic heterocycles. The van der Waals surface area contributed by atoms with Crippen LogP contribution in [0.3, 0.4) is 0 Å². The van der Waals surface area contributed by atoms with Gasteiger partial charge in [-0.1, -0.05) is 37.6 Å². The number of rotatable bonds is 6. The summed E-state index contributed by atoms with van der Waals surface area (Å²) in [6.45, 7) is 4.14. The zero-order chi connectivity index (χ0) is 16.8. The Hall–Kier alpha value is -1.52. The zero-order valence-electron chi connectivity index (χ0n) is 13.0. The lowest BCUT2D eigenvalue weighted by molar-refractivity contribution is -0.136. The first kappa shape index (κ1) is 17.8. The van der Waals surface area contributed by atoms with Crippen molar-refractivity contribution in [1.29, 1.82) is 0 Å². The maximum absolute atomic E-state index is 11.9. The highest BCUT2D eigenvalue weighted by Gasteiger charge is 2.09. The topological polar surface area (TPSA) is 35.5 Å². The Morgan fingerprint density at radius 1 is 1.22 bits per heavy atom. The molecule has 122 valence electrons. The fourth-order valence-electron chi connectivity index (χ4n) is 1.99. The summed E-state index contributed by atoms with van der Waals surface area (Å²) in [5.74, 6) is 1.09. The van der Waals surface area contributed by atoms with Gasteiger partial charge in [0.15, 0.2) is 6.61 Å².